The van der Waals surface area contributed by atoms with Crippen LogP contribution in [-0.2, 0) is 69.0 Å². The lowest BCUT2D eigenvalue weighted by Crippen LogP contribution is -2.62. The number of aliphatic imine (C=N–C) groups is 1. The van der Waals surface area contributed by atoms with E-state index in [0.29, 0.717) is 41.7 Å². The number of carbonyl (C=O) groups excluding carboxylic acids is 8. The van der Waals surface area contributed by atoms with Gasteiger partial charge in [-0.05, 0) is 175 Å². The zero-order valence-electron chi connectivity index (χ0n) is 59.0. The predicted octanol–water partition coefficient (Wildman–Crippen LogP) is 3.49. The molecule has 1 heterocycles. The summed E-state index contributed by atoms with van der Waals surface area (Å²) in [6.45, 7) is 36.0. The van der Waals surface area contributed by atoms with Crippen LogP contribution in [0.2, 0.25) is 0 Å². The molecule has 530 valence electrons. The van der Waals surface area contributed by atoms with Crippen molar-refractivity contribution in [3.63, 3.8) is 0 Å². The van der Waals surface area contributed by atoms with Crippen LogP contribution in [0, 0.1) is 44.4 Å². The van der Waals surface area contributed by atoms with E-state index < -0.39 is 164 Å². The number of aliphatic hydroxyl groups excluding tert-OH is 1. The summed E-state index contributed by atoms with van der Waals surface area (Å²) >= 11 is 0. The van der Waals surface area contributed by atoms with Crippen LogP contribution in [0.3, 0.4) is 0 Å². The molecular weight excluding hydrogens is 1230 g/mol. The van der Waals surface area contributed by atoms with Crippen LogP contribution in [0.4, 0.5) is 4.79 Å². The van der Waals surface area contributed by atoms with Gasteiger partial charge in [0.1, 0.15) is 53.2 Å². The normalized spacial score (nSPS) is 16.5. The average molecular weight is 1340 g/mol. The summed E-state index contributed by atoms with van der Waals surface area (Å²) < 4.78 is 53.5. The number of carboxylic acids is 1. The summed E-state index contributed by atoms with van der Waals surface area (Å²) in [5.41, 5.74) is 5.71. The molecule has 1 aromatic rings. The molecule has 0 spiro atoms. The fraction of sp³-hybridized carbons (Fsp3) is 0.750. The largest absolute Gasteiger partial charge is 0.487 e. The van der Waals surface area contributed by atoms with E-state index >= 15 is 0 Å². The number of hydrogen-bond acceptors (Lipinski definition) is 17. The van der Waals surface area contributed by atoms with E-state index in [1.807, 2.05) is 13.8 Å². The van der Waals surface area contributed by atoms with Crippen LogP contribution in [0.5, 0.6) is 5.75 Å². The fourth-order valence-corrected chi connectivity index (χ4v) is 11.2. The SMILES string of the molecule is CC[C@H](C)[C@H](NC(=O)[C@@H](CCCN=C(N)NS(=O)(=O)c1c(C)c(C)c2c(c1C)CCC(C)(C)O2)NC(=O)[C@H](CC(C)C)NC(=O)[C@@H](NC(=O)OC(C)(C)C)[C@H](O)C(C)C)C(=O)N[C@H](C(=O)NCC(=O)N[C@@H](COC(C)(C)C)C(=O)N[C@@H](COC(C)(C)C)C(=O)O)C(C)C. The summed E-state index contributed by atoms with van der Waals surface area (Å²) in [5, 5.41) is 41.5. The second-order valence-electron chi connectivity index (χ2n) is 28.7. The van der Waals surface area contributed by atoms with Gasteiger partial charge in [0.15, 0.2) is 6.04 Å². The first kappa shape index (κ1) is 82.2. The van der Waals surface area contributed by atoms with Gasteiger partial charge in [-0.2, -0.15) is 0 Å². The predicted molar refractivity (Wildman–Crippen MR) is 351 cm³/mol. The first-order valence-corrected chi connectivity index (χ1v) is 33.4. The zero-order valence-corrected chi connectivity index (χ0v) is 59.8. The highest BCUT2D eigenvalue weighted by Crippen LogP contribution is 2.42. The number of nitrogens with two attached hydrogens (primary N) is 1. The van der Waals surface area contributed by atoms with Gasteiger partial charge in [-0.15, -0.1) is 0 Å². The van der Waals surface area contributed by atoms with Gasteiger partial charge in [-0.3, -0.25) is 38.6 Å². The number of carbonyl (C=O) groups is 9. The van der Waals surface area contributed by atoms with Crippen LogP contribution in [0.15, 0.2) is 9.89 Å². The van der Waals surface area contributed by atoms with E-state index in [1.165, 1.54) is 0 Å². The highest BCUT2D eigenvalue weighted by atomic mass is 32.2. The molecule has 93 heavy (non-hydrogen) atoms. The van der Waals surface area contributed by atoms with Crippen LogP contribution in [0.1, 0.15) is 186 Å². The quantitative estimate of drug-likeness (QED) is 0.0272. The van der Waals surface area contributed by atoms with Gasteiger partial charge in [-0.1, -0.05) is 61.8 Å². The minimum absolute atomic E-state index is 0.00183. The van der Waals surface area contributed by atoms with Gasteiger partial charge in [0.25, 0.3) is 10.0 Å². The highest BCUT2D eigenvalue weighted by Gasteiger charge is 2.39. The molecule has 0 bridgehead atoms. The zero-order chi connectivity index (χ0) is 71.6. The summed E-state index contributed by atoms with van der Waals surface area (Å²) in [7, 11) is -4.31. The number of ether oxygens (including phenoxy) is 4. The van der Waals surface area contributed by atoms with Crippen LogP contribution in [0.25, 0.3) is 0 Å². The van der Waals surface area contributed by atoms with E-state index in [2.05, 4.69) is 52.2 Å². The minimum Gasteiger partial charge on any atom is -0.487 e. The molecule has 0 saturated carbocycles. The molecule has 1 aliphatic heterocycles. The van der Waals surface area contributed by atoms with Gasteiger partial charge >= 0.3 is 12.1 Å². The van der Waals surface area contributed by atoms with Crippen molar-refractivity contribution in [2.24, 2.45) is 34.4 Å². The Bertz CT molecular complexity index is 2930. The molecular formula is C64H111N11O17S. The number of alkyl carbamates (subject to hydrolysis) is 1. The second-order valence-corrected chi connectivity index (χ2v) is 30.3. The number of guanidine groups is 1. The lowest BCUT2D eigenvalue weighted by atomic mass is 9.88. The average Bonchev–Trinajstić information content (AvgIpc) is 0.749. The lowest BCUT2D eigenvalue weighted by molar-refractivity contribution is -0.146. The molecule has 2 rings (SSSR count). The van der Waals surface area contributed by atoms with Crippen LogP contribution >= 0.6 is 0 Å². The molecule has 0 aromatic heterocycles. The molecule has 13 N–H and O–H groups in total. The maximum absolute atomic E-state index is 14.8. The number of amides is 8. The van der Waals surface area contributed by atoms with E-state index in [4.69, 9.17) is 24.7 Å². The van der Waals surface area contributed by atoms with E-state index in [-0.39, 0.29) is 49.8 Å². The third-order valence-corrected chi connectivity index (χ3v) is 16.8. The number of hydrogen-bond donors (Lipinski definition) is 12. The smallest absolute Gasteiger partial charge is 0.408 e. The molecule has 0 unspecified atom stereocenters. The molecule has 0 radical (unpaired) electrons. The van der Waals surface area contributed by atoms with Crippen molar-refractivity contribution >= 4 is 69.4 Å². The molecule has 9 atom stereocenters. The third-order valence-electron chi connectivity index (χ3n) is 15.2. The number of aliphatic hydroxyl groups is 1. The Balaban J connectivity index is 2.56. The summed E-state index contributed by atoms with van der Waals surface area (Å²) in [4.78, 5) is 128. The Morgan fingerprint density at radius 1 is 0.645 bits per heavy atom. The van der Waals surface area contributed by atoms with Gasteiger partial charge < -0.3 is 77.4 Å². The Morgan fingerprint density at radius 3 is 1.68 bits per heavy atom. The lowest BCUT2D eigenvalue weighted by Gasteiger charge is -2.35. The Kier molecular flexibility index (Phi) is 31.0. The molecule has 8 amide bonds. The van der Waals surface area contributed by atoms with Crippen molar-refractivity contribution in [2.75, 3.05) is 26.3 Å². The number of nitrogens with one attached hydrogen (secondary N) is 9. The number of rotatable bonds is 33. The van der Waals surface area contributed by atoms with E-state index in [9.17, 15) is 61.8 Å². The summed E-state index contributed by atoms with van der Waals surface area (Å²) in [5.74, 6) is -9.37. The van der Waals surface area contributed by atoms with Crippen LogP contribution < -0.4 is 57.7 Å². The monoisotopic (exact) mass is 1340 g/mol. The van der Waals surface area contributed by atoms with Crippen molar-refractivity contribution in [3.05, 3.63) is 22.3 Å². The van der Waals surface area contributed by atoms with E-state index in [1.54, 1.807) is 138 Å². The summed E-state index contributed by atoms with van der Waals surface area (Å²) in [6, 6.07) is -10.1. The Morgan fingerprint density at radius 2 is 1.16 bits per heavy atom. The van der Waals surface area contributed by atoms with Crippen molar-refractivity contribution in [1.29, 1.82) is 0 Å². The van der Waals surface area contributed by atoms with Crippen molar-refractivity contribution in [2.45, 2.75) is 267 Å². The molecule has 29 heteroatoms. The highest BCUT2D eigenvalue weighted by molar-refractivity contribution is 7.90. The first-order valence-electron chi connectivity index (χ1n) is 31.9. The Labute approximate surface area is 550 Å². The molecule has 1 aromatic carbocycles. The number of nitrogens with zero attached hydrogens (tertiary/aromatic N) is 1. The molecule has 0 aliphatic carbocycles. The van der Waals surface area contributed by atoms with Gasteiger partial charge in [0.2, 0.25) is 47.3 Å². The number of sulfonamides is 1. The maximum atomic E-state index is 14.8. The number of benzene rings is 1. The summed E-state index contributed by atoms with van der Waals surface area (Å²) in [6.07, 6.45) is -1.14. The molecule has 0 saturated heterocycles. The fourth-order valence-electron chi connectivity index (χ4n) is 9.65. The molecule has 28 nitrogen and oxygen atoms in total. The van der Waals surface area contributed by atoms with Crippen LogP contribution in [-0.4, -0.2) is 175 Å². The van der Waals surface area contributed by atoms with Gasteiger partial charge in [-0.25, -0.2) is 22.7 Å². The standard InChI is InChI=1S/C64H111N11O17S/c1-23-36(8)47(56(82)72-46(34(4)5)55(81)67-30-45(76)68-43(31-89-61(12,13)14)54(80)71-44(58(84)85)32-90-62(15,16)17)73-52(78)41(69-53(79)42(29-33(2)3)70-57(83)48(49(77)35(6)7)74-60(86)92-63(18,19)20)25-24-28-66-59(65)75-93(87,88)51-38(10)37(9)50-40(39(51)11)26-27-64(21,22)91-50/h33-36,41-44,46-49,77H,23-32H2,1-22H3,(H,67,81)(H,68,76)(H,69,79)(H,70,83)(H,71,80)(H,72,82)(H,73,78)(H,74,86)(H,84,85)(H3,65,66,75)/t36-,41+,42-,43-,44-,46-,47-,48-,49+/m0/s1. The molecule has 1 aliphatic rings. The van der Waals surface area contributed by atoms with Gasteiger partial charge in [0, 0.05) is 6.54 Å². The number of aliphatic carboxylic acids is 1. The van der Waals surface area contributed by atoms with Gasteiger partial charge in [0.05, 0.1) is 42.0 Å². The maximum Gasteiger partial charge on any atom is 0.408 e. The third kappa shape index (κ3) is 27.6. The number of fused-ring (bicyclic) bond motifs is 1. The first-order chi connectivity index (χ1) is 42.5. The topological polar surface area (TPSA) is 412 Å². The number of carboxylic acid groups (broad SMARTS) is 1. The van der Waals surface area contributed by atoms with Crippen molar-refractivity contribution < 1.29 is 80.7 Å². The minimum atomic E-state index is -4.31. The Hall–Kier alpha value is -6.85. The second kappa shape index (κ2) is 35.1. The van der Waals surface area contributed by atoms with E-state index in [0.717, 1.165) is 5.56 Å². The van der Waals surface area contributed by atoms with Crippen molar-refractivity contribution in [1.82, 2.24) is 47.3 Å². The van der Waals surface area contributed by atoms with Crippen molar-refractivity contribution in [3.8, 4) is 5.75 Å². The molecule has 0 fully saturated rings.